The van der Waals surface area contributed by atoms with Gasteiger partial charge in [-0.25, -0.2) is 0 Å². The van der Waals surface area contributed by atoms with Gasteiger partial charge in [0, 0.05) is 11.0 Å². The van der Waals surface area contributed by atoms with E-state index < -0.39 is 11.3 Å². The monoisotopic (exact) mass is 193 g/mol. The van der Waals surface area contributed by atoms with Crippen LogP contribution in [0.15, 0.2) is 24.3 Å². The third-order valence-electron chi connectivity index (χ3n) is 2.32. The molecule has 1 aromatic rings. The molecule has 0 heterocycles. The fraction of sp³-hybridized carbons (Fsp3) is 0.364. The minimum absolute atomic E-state index is 0.0166. The number of carbonyl (C=O) groups is 1. The summed E-state index contributed by atoms with van der Waals surface area (Å²) >= 11 is 0. The van der Waals surface area contributed by atoms with E-state index in [0.29, 0.717) is 5.56 Å². The summed E-state index contributed by atoms with van der Waals surface area (Å²) in [6, 6.07) is 7.08. The van der Waals surface area contributed by atoms with E-state index in [1.54, 1.807) is 12.1 Å². The lowest BCUT2D eigenvalue weighted by Crippen LogP contribution is -2.26. The molecular formula is C11H15NO2. The van der Waals surface area contributed by atoms with Gasteiger partial charge in [-0.2, -0.15) is 0 Å². The number of nitrogens with two attached hydrogens (primary N) is 1. The minimum atomic E-state index is -0.456. The van der Waals surface area contributed by atoms with Gasteiger partial charge in [0.2, 0.25) is 5.91 Å². The van der Waals surface area contributed by atoms with Crippen molar-refractivity contribution in [1.29, 1.82) is 0 Å². The van der Waals surface area contributed by atoms with Gasteiger partial charge in [0.15, 0.2) is 0 Å². The molecule has 14 heavy (non-hydrogen) atoms. The number of carbonyl (C=O) groups excluding carboxylic acids is 1. The molecule has 0 aliphatic rings. The number of amides is 1. The number of hydrogen-bond donors (Lipinski definition) is 2. The predicted octanol–water partition coefficient (Wildman–Crippen LogP) is 1.06. The molecule has 3 nitrogen and oxygen atoms in total. The van der Waals surface area contributed by atoms with Gasteiger partial charge in [0.25, 0.3) is 0 Å². The van der Waals surface area contributed by atoms with Gasteiger partial charge in [-0.15, -0.1) is 0 Å². The van der Waals surface area contributed by atoms with Crippen LogP contribution in [0, 0.1) is 0 Å². The number of aliphatic hydroxyl groups is 1. The third-order valence-corrected chi connectivity index (χ3v) is 2.32. The van der Waals surface area contributed by atoms with Crippen molar-refractivity contribution in [2.24, 2.45) is 5.73 Å². The summed E-state index contributed by atoms with van der Waals surface area (Å²) in [6.07, 6.45) is 0. The molecule has 0 fully saturated rings. The third kappa shape index (κ3) is 1.93. The fourth-order valence-electron chi connectivity index (χ4n) is 1.37. The highest BCUT2D eigenvalue weighted by molar-refractivity contribution is 5.94. The van der Waals surface area contributed by atoms with E-state index in [1.807, 2.05) is 26.0 Å². The second kappa shape index (κ2) is 3.80. The van der Waals surface area contributed by atoms with Crippen molar-refractivity contribution in [3.05, 3.63) is 35.4 Å². The molecule has 1 aromatic carbocycles. The fourth-order valence-corrected chi connectivity index (χ4v) is 1.37. The summed E-state index contributed by atoms with van der Waals surface area (Å²) < 4.78 is 0. The smallest absolute Gasteiger partial charge is 0.248 e. The van der Waals surface area contributed by atoms with Gasteiger partial charge in [0.05, 0.1) is 6.61 Å². The Morgan fingerprint density at radius 3 is 2.50 bits per heavy atom. The molecule has 0 unspecified atom stereocenters. The van der Waals surface area contributed by atoms with Crippen molar-refractivity contribution in [3.8, 4) is 0 Å². The molecule has 0 bridgehead atoms. The number of aliphatic hydroxyl groups excluding tert-OH is 1. The van der Waals surface area contributed by atoms with Crippen LogP contribution in [0.1, 0.15) is 29.8 Å². The molecule has 0 atom stereocenters. The summed E-state index contributed by atoms with van der Waals surface area (Å²) in [6.45, 7) is 3.72. The van der Waals surface area contributed by atoms with Gasteiger partial charge < -0.3 is 10.8 Å². The molecule has 0 spiro atoms. The maximum atomic E-state index is 11.1. The Hall–Kier alpha value is -1.35. The van der Waals surface area contributed by atoms with E-state index in [1.165, 1.54) is 0 Å². The van der Waals surface area contributed by atoms with E-state index in [4.69, 9.17) is 5.73 Å². The molecule has 0 aliphatic carbocycles. The Morgan fingerprint density at radius 1 is 1.43 bits per heavy atom. The van der Waals surface area contributed by atoms with Crippen molar-refractivity contribution in [2.45, 2.75) is 19.3 Å². The normalized spacial score (nSPS) is 11.4. The van der Waals surface area contributed by atoms with Crippen LogP contribution in [0.25, 0.3) is 0 Å². The van der Waals surface area contributed by atoms with Crippen molar-refractivity contribution >= 4 is 5.91 Å². The number of hydrogen-bond acceptors (Lipinski definition) is 2. The van der Waals surface area contributed by atoms with E-state index in [2.05, 4.69) is 0 Å². The highest BCUT2D eigenvalue weighted by atomic mass is 16.3. The zero-order chi connectivity index (χ0) is 10.8. The summed E-state index contributed by atoms with van der Waals surface area (Å²) in [4.78, 5) is 11.1. The van der Waals surface area contributed by atoms with Crippen LogP contribution in [-0.2, 0) is 5.41 Å². The quantitative estimate of drug-likeness (QED) is 0.753. The second-order valence-corrected chi connectivity index (χ2v) is 3.95. The molecular weight excluding hydrogens is 178 g/mol. The first-order valence-electron chi connectivity index (χ1n) is 4.49. The zero-order valence-corrected chi connectivity index (χ0v) is 8.45. The summed E-state index contributed by atoms with van der Waals surface area (Å²) in [5.74, 6) is -0.456. The molecule has 3 N–H and O–H groups in total. The van der Waals surface area contributed by atoms with Crippen molar-refractivity contribution in [2.75, 3.05) is 6.61 Å². The van der Waals surface area contributed by atoms with E-state index in [9.17, 15) is 9.90 Å². The van der Waals surface area contributed by atoms with Gasteiger partial charge >= 0.3 is 0 Å². The van der Waals surface area contributed by atoms with Gasteiger partial charge in [-0.05, 0) is 11.6 Å². The van der Waals surface area contributed by atoms with E-state index >= 15 is 0 Å². The van der Waals surface area contributed by atoms with Crippen LogP contribution < -0.4 is 5.73 Å². The molecule has 76 valence electrons. The summed E-state index contributed by atoms with van der Waals surface area (Å²) in [5, 5.41) is 9.20. The summed E-state index contributed by atoms with van der Waals surface area (Å²) in [5.41, 5.74) is 6.07. The molecule has 0 aromatic heterocycles. The molecule has 0 aliphatic heterocycles. The van der Waals surface area contributed by atoms with Crippen molar-refractivity contribution in [3.63, 3.8) is 0 Å². The summed E-state index contributed by atoms with van der Waals surface area (Å²) in [7, 11) is 0. The van der Waals surface area contributed by atoms with E-state index in [-0.39, 0.29) is 6.61 Å². The Labute approximate surface area is 83.6 Å². The van der Waals surface area contributed by atoms with Crippen LogP contribution in [0.4, 0.5) is 0 Å². The first-order valence-corrected chi connectivity index (χ1v) is 4.49. The molecule has 3 heteroatoms. The lowest BCUT2D eigenvalue weighted by Gasteiger charge is -2.24. The molecule has 0 saturated carbocycles. The first-order chi connectivity index (χ1) is 6.49. The first kappa shape index (κ1) is 10.7. The minimum Gasteiger partial charge on any atom is -0.395 e. The highest BCUT2D eigenvalue weighted by Gasteiger charge is 2.23. The second-order valence-electron chi connectivity index (χ2n) is 3.95. The predicted molar refractivity (Wildman–Crippen MR) is 55.1 cm³/mol. The lowest BCUT2D eigenvalue weighted by molar-refractivity contribution is 0.0997. The SMILES string of the molecule is CC(C)(CO)c1ccccc1C(N)=O. The standard InChI is InChI=1S/C11H15NO2/c1-11(2,7-13)9-6-4-3-5-8(9)10(12)14/h3-6,13H,7H2,1-2H3,(H2,12,14). The highest BCUT2D eigenvalue weighted by Crippen LogP contribution is 2.25. The molecule has 1 amide bonds. The molecule has 1 rings (SSSR count). The number of primary amides is 1. The Balaban J connectivity index is 3.27. The van der Waals surface area contributed by atoms with Crippen LogP contribution in [0.2, 0.25) is 0 Å². The van der Waals surface area contributed by atoms with Gasteiger partial charge in [-0.3, -0.25) is 4.79 Å². The Morgan fingerprint density at radius 2 is 2.00 bits per heavy atom. The van der Waals surface area contributed by atoms with Crippen LogP contribution in [-0.4, -0.2) is 17.6 Å². The van der Waals surface area contributed by atoms with Gasteiger partial charge in [-0.1, -0.05) is 32.0 Å². The lowest BCUT2D eigenvalue weighted by atomic mass is 9.82. The van der Waals surface area contributed by atoms with Crippen molar-refractivity contribution < 1.29 is 9.90 Å². The van der Waals surface area contributed by atoms with Gasteiger partial charge in [0.1, 0.15) is 0 Å². The largest absolute Gasteiger partial charge is 0.395 e. The van der Waals surface area contributed by atoms with Crippen LogP contribution in [0.5, 0.6) is 0 Å². The van der Waals surface area contributed by atoms with Crippen LogP contribution in [0.3, 0.4) is 0 Å². The maximum absolute atomic E-state index is 11.1. The maximum Gasteiger partial charge on any atom is 0.248 e. The molecule has 0 saturated heterocycles. The number of rotatable bonds is 3. The average Bonchev–Trinajstić information content (AvgIpc) is 2.18. The van der Waals surface area contributed by atoms with E-state index in [0.717, 1.165) is 5.56 Å². The molecule has 0 radical (unpaired) electrons. The van der Waals surface area contributed by atoms with Crippen LogP contribution >= 0.6 is 0 Å². The Kier molecular flexibility index (Phi) is 2.91. The number of benzene rings is 1. The topological polar surface area (TPSA) is 63.3 Å². The average molecular weight is 193 g/mol. The zero-order valence-electron chi connectivity index (χ0n) is 8.45. The van der Waals surface area contributed by atoms with Crippen molar-refractivity contribution in [1.82, 2.24) is 0 Å². The Bertz CT molecular complexity index is 345.